The second-order valence-electron chi connectivity index (χ2n) is 9.54. The highest BCUT2D eigenvalue weighted by Crippen LogP contribution is 2.44. The van der Waals surface area contributed by atoms with Crippen molar-refractivity contribution < 1.29 is 9.90 Å². The Morgan fingerprint density at radius 2 is 1.62 bits per heavy atom. The van der Waals surface area contributed by atoms with Crippen LogP contribution in [0.15, 0.2) is 47.4 Å². The van der Waals surface area contributed by atoms with Gasteiger partial charge < -0.3 is 15.4 Å². The number of anilines is 1. The van der Waals surface area contributed by atoms with Crippen molar-refractivity contribution >= 4 is 22.5 Å². The zero-order valence-electron chi connectivity index (χ0n) is 19.9. The summed E-state index contributed by atoms with van der Waals surface area (Å²) in [5.41, 5.74) is 2.36. The third-order valence-electron chi connectivity index (χ3n) is 6.83. The molecule has 2 aromatic carbocycles. The van der Waals surface area contributed by atoms with E-state index in [4.69, 9.17) is 0 Å². The Bertz CT molecular complexity index is 1190. The summed E-state index contributed by atoms with van der Waals surface area (Å²) < 4.78 is 0. The number of nitrogens with one attached hydrogen (secondary N) is 2. The monoisotopic (exact) mass is 434 g/mol. The average Bonchev–Trinajstić information content (AvgIpc) is 2.76. The van der Waals surface area contributed by atoms with Gasteiger partial charge in [0.05, 0.1) is 0 Å². The summed E-state index contributed by atoms with van der Waals surface area (Å²) in [7, 11) is 0. The number of H-pyrrole nitrogens is 1. The minimum atomic E-state index is -0.498. The number of hydrogen-bond donors (Lipinski definition) is 3. The lowest BCUT2D eigenvalue weighted by molar-refractivity contribution is 0.102. The van der Waals surface area contributed by atoms with E-state index >= 15 is 0 Å². The summed E-state index contributed by atoms with van der Waals surface area (Å²) >= 11 is 0. The highest BCUT2D eigenvalue weighted by Gasteiger charge is 2.32. The van der Waals surface area contributed by atoms with E-state index < -0.39 is 5.91 Å². The number of carbonyl (C=O) groups is 1. The summed E-state index contributed by atoms with van der Waals surface area (Å²) in [6.45, 7) is 12.7. The summed E-state index contributed by atoms with van der Waals surface area (Å²) in [6.07, 6.45) is 4.18. The molecule has 5 nitrogen and oxygen atoms in total. The maximum Gasteiger partial charge on any atom is 0.261 e. The molecule has 3 aromatic rings. The second kappa shape index (κ2) is 8.81. The van der Waals surface area contributed by atoms with Crippen LogP contribution in [0.2, 0.25) is 0 Å². The third kappa shape index (κ3) is 4.16. The first kappa shape index (κ1) is 23.6. The lowest BCUT2D eigenvalue weighted by Gasteiger charge is -2.34. The highest BCUT2D eigenvalue weighted by molar-refractivity contribution is 6.06. The predicted octanol–water partition coefficient (Wildman–Crippen LogP) is 6.25. The summed E-state index contributed by atoms with van der Waals surface area (Å²) in [5, 5.41) is 14.3. The molecule has 0 unspecified atom stereocenters. The molecule has 3 N–H and O–H groups in total. The van der Waals surface area contributed by atoms with Gasteiger partial charge in [-0.25, -0.2) is 0 Å². The fourth-order valence-electron chi connectivity index (χ4n) is 4.58. The molecule has 0 aliphatic rings. The molecule has 0 aliphatic heterocycles. The third-order valence-corrected chi connectivity index (χ3v) is 6.83. The molecule has 1 aromatic heterocycles. The summed E-state index contributed by atoms with van der Waals surface area (Å²) in [5.74, 6) is -0.325. The number of carbonyl (C=O) groups excluding carboxylic acids is 1. The van der Waals surface area contributed by atoms with Crippen molar-refractivity contribution in [1.82, 2.24) is 4.98 Å². The van der Waals surface area contributed by atoms with Gasteiger partial charge in [0.1, 0.15) is 11.3 Å². The molecular formula is C27H34N2O3. The fraction of sp³-hybridized carbons (Fsp3) is 0.407. The van der Waals surface area contributed by atoms with Gasteiger partial charge in [-0.2, -0.15) is 0 Å². The van der Waals surface area contributed by atoms with E-state index in [2.05, 4.69) is 51.8 Å². The van der Waals surface area contributed by atoms with E-state index in [1.165, 1.54) is 6.20 Å². The fourth-order valence-corrected chi connectivity index (χ4v) is 4.58. The highest BCUT2D eigenvalue weighted by atomic mass is 16.3. The summed E-state index contributed by atoms with van der Waals surface area (Å²) in [6, 6.07) is 10.8. The number of aromatic amines is 1. The predicted molar refractivity (Wildman–Crippen MR) is 132 cm³/mol. The average molecular weight is 435 g/mol. The molecule has 0 aliphatic carbocycles. The minimum Gasteiger partial charge on any atom is -0.508 e. The van der Waals surface area contributed by atoms with Crippen molar-refractivity contribution in [3.8, 4) is 5.75 Å². The van der Waals surface area contributed by atoms with Crippen LogP contribution in [-0.2, 0) is 10.8 Å². The van der Waals surface area contributed by atoms with Crippen LogP contribution in [0.1, 0.15) is 82.3 Å². The topological polar surface area (TPSA) is 82.2 Å². The second-order valence-corrected chi connectivity index (χ2v) is 9.54. The standard InChI is InChI=1S/C27H34N2O3/c1-7-27(8-2,9-3)20-14-19(26(4,5)6)22(15-23(20)30)29-25(32)18-16-28-21-13-11-10-12-17(21)24(18)31/h10-16,30H,7-9H2,1-6H3,(H,28,31)(H,29,32). The van der Waals surface area contributed by atoms with Gasteiger partial charge in [0, 0.05) is 34.4 Å². The van der Waals surface area contributed by atoms with Gasteiger partial charge in [-0.3, -0.25) is 9.59 Å². The molecule has 1 amide bonds. The van der Waals surface area contributed by atoms with Crippen molar-refractivity contribution in [2.45, 2.75) is 71.6 Å². The van der Waals surface area contributed by atoms with Crippen LogP contribution in [0.5, 0.6) is 5.75 Å². The van der Waals surface area contributed by atoms with Gasteiger partial charge >= 0.3 is 0 Å². The number of phenolic OH excluding ortho intramolecular Hbond substituents is 1. The van der Waals surface area contributed by atoms with Crippen molar-refractivity contribution in [2.24, 2.45) is 0 Å². The maximum atomic E-state index is 13.1. The van der Waals surface area contributed by atoms with Crippen molar-refractivity contribution in [2.75, 3.05) is 5.32 Å². The van der Waals surface area contributed by atoms with E-state index in [9.17, 15) is 14.7 Å². The van der Waals surface area contributed by atoms with Crippen LogP contribution in [0.4, 0.5) is 5.69 Å². The first-order chi connectivity index (χ1) is 15.1. The molecule has 0 saturated carbocycles. The van der Waals surface area contributed by atoms with Gasteiger partial charge in [0.15, 0.2) is 0 Å². The number of aromatic nitrogens is 1. The number of benzene rings is 2. The van der Waals surface area contributed by atoms with Crippen molar-refractivity contribution in [1.29, 1.82) is 0 Å². The van der Waals surface area contributed by atoms with Crippen molar-refractivity contribution in [3.63, 3.8) is 0 Å². The molecule has 0 spiro atoms. The summed E-state index contributed by atoms with van der Waals surface area (Å²) in [4.78, 5) is 29.0. The SMILES string of the molecule is CCC(CC)(CC)c1cc(C(C)(C)C)c(NC(=O)c2c[nH]c3ccccc3c2=O)cc1O. The Labute approximate surface area is 189 Å². The van der Waals surface area contributed by atoms with Crippen LogP contribution in [-0.4, -0.2) is 16.0 Å². The van der Waals surface area contributed by atoms with E-state index in [0.29, 0.717) is 16.6 Å². The zero-order valence-corrected chi connectivity index (χ0v) is 19.9. The van der Waals surface area contributed by atoms with Crippen LogP contribution in [0.25, 0.3) is 10.9 Å². The molecule has 0 bridgehead atoms. The van der Waals surface area contributed by atoms with E-state index in [1.54, 1.807) is 24.3 Å². The number of hydrogen-bond acceptors (Lipinski definition) is 3. The quantitative estimate of drug-likeness (QED) is 0.429. The molecule has 0 saturated heterocycles. The maximum absolute atomic E-state index is 13.1. The number of amides is 1. The van der Waals surface area contributed by atoms with E-state index in [-0.39, 0.29) is 27.6 Å². The lowest BCUT2D eigenvalue weighted by atomic mass is 9.71. The number of para-hydroxylation sites is 1. The number of rotatable bonds is 6. The zero-order chi connectivity index (χ0) is 23.7. The van der Waals surface area contributed by atoms with E-state index in [0.717, 1.165) is 30.4 Å². The smallest absolute Gasteiger partial charge is 0.261 e. The number of fused-ring (bicyclic) bond motifs is 1. The molecule has 32 heavy (non-hydrogen) atoms. The number of aromatic hydroxyl groups is 1. The molecule has 5 heteroatoms. The molecule has 0 fully saturated rings. The van der Waals surface area contributed by atoms with Gasteiger partial charge in [-0.1, -0.05) is 53.7 Å². The van der Waals surface area contributed by atoms with Gasteiger partial charge in [0.25, 0.3) is 5.91 Å². The Balaban J connectivity index is 2.10. The largest absolute Gasteiger partial charge is 0.508 e. The van der Waals surface area contributed by atoms with Gasteiger partial charge in [0.2, 0.25) is 5.43 Å². The Kier molecular flexibility index (Phi) is 6.49. The number of phenols is 1. The normalized spacial score (nSPS) is 12.2. The Hall–Kier alpha value is -3.08. The lowest BCUT2D eigenvalue weighted by Crippen LogP contribution is -2.27. The molecule has 0 atom stereocenters. The molecule has 170 valence electrons. The molecule has 1 heterocycles. The first-order valence-corrected chi connectivity index (χ1v) is 11.4. The van der Waals surface area contributed by atoms with Gasteiger partial charge in [-0.05, 0) is 53.9 Å². The van der Waals surface area contributed by atoms with Crippen LogP contribution < -0.4 is 10.7 Å². The van der Waals surface area contributed by atoms with E-state index in [1.807, 2.05) is 12.1 Å². The van der Waals surface area contributed by atoms with Crippen LogP contribution in [0, 0.1) is 0 Å². The molecule has 3 rings (SSSR count). The van der Waals surface area contributed by atoms with Crippen LogP contribution in [0.3, 0.4) is 0 Å². The van der Waals surface area contributed by atoms with Crippen LogP contribution >= 0.6 is 0 Å². The number of pyridine rings is 1. The molecule has 0 radical (unpaired) electrons. The molecular weight excluding hydrogens is 400 g/mol. The Morgan fingerprint density at radius 1 is 1.00 bits per heavy atom. The van der Waals surface area contributed by atoms with Gasteiger partial charge in [-0.15, -0.1) is 0 Å². The first-order valence-electron chi connectivity index (χ1n) is 11.4. The Morgan fingerprint density at radius 3 is 2.22 bits per heavy atom. The van der Waals surface area contributed by atoms with Crippen molar-refractivity contribution in [3.05, 3.63) is 69.5 Å². The minimum absolute atomic E-state index is 0.0390.